The number of aryl methyl sites for hydroxylation is 5. The summed E-state index contributed by atoms with van der Waals surface area (Å²) in [6, 6.07) is 40.7. The van der Waals surface area contributed by atoms with Gasteiger partial charge < -0.3 is 9.64 Å². The maximum atomic E-state index is 13.2. The fourth-order valence-corrected chi connectivity index (χ4v) is 21.5. The number of anilines is 1. The molecule has 0 spiro atoms. The Kier molecular flexibility index (Phi) is 25.9. The molecule has 8 amide bonds. The molecule has 22 heteroatoms. The smallest absolute Gasteiger partial charge is 0.405 e. The molecule has 16 rings (SSSR count). The molecular formula is C104H113ClF3N5O9S4. The first kappa shape index (κ1) is 94.0. The Morgan fingerprint density at radius 1 is 0.317 bits per heavy atom. The van der Waals surface area contributed by atoms with E-state index in [1.165, 1.54) is 128 Å². The highest BCUT2D eigenvalue weighted by atomic mass is 35.5. The highest BCUT2D eigenvalue weighted by Gasteiger charge is 2.44. The first-order chi connectivity index (χ1) is 58.5. The van der Waals surface area contributed by atoms with Crippen molar-refractivity contribution in [2.75, 3.05) is 19.0 Å². The molecule has 0 unspecified atom stereocenters. The van der Waals surface area contributed by atoms with Crippen LogP contribution in [-0.2, 0) is 62.5 Å². The molecule has 0 bridgehead atoms. The van der Waals surface area contributed by atoms with Crippen molar-refractivity contribution in [1.82, 2.24) is 21.3 Å². The minimum Gasteiger partial charge on any atom is -0.405 e. The van der Waals surface area contributed by atoms with Gasteiger partial charge in [0.15, 0.2) is 0 Å². The Hall–Kier alpha value is -9.64. The lowest BCUT2D eigenvalue weighted by Crippen LogP contribution is -2.34. The molecule has 4 aliphatic carbocycles. The summed E-state index contributed by atoms with van der Waals surface area (Å²) in [7, 11) is 4.10. The largest absolute Gasteiger partial charge is 0.573 e. The van der Waals surface area contributed by atoms with Gasteiger partial charge in [-0.05, 0) is 384 Å². The molecule has 4 N–H and O–H groups in total. The monoisotopic (exact) mass is 1800 g/mol. The third kappa shape index (κ3) is 20.0. The van der Waals surface area contributed by atoms with Crippen molar-refractivity contribution >= 4 is 133 Å². The average molecular weight is 1800 g/mol. The predicted octanol–water partition coefficient (Wildman–Crippen LogP) is 27.3. The molecule has 0 atom stereocenters. The molecule has 8 aromatic carbocycles. The van der Waals surface area contributed by atoms with Crippen LogP contribution >= 0.6 is 58.6 Å². The van der Waals surface area contributed by atoms with E-state index in [0.29, 0.717) is 30.9 Å². The number of rotatable bonds is 10. The van der Waals surface area contributed by atoms with Gasteiger partial charge in [0.25, 0.3) is 44.6 Å². The minimum atomic E-state index is -4.86. The number of hydrogen-bond acceptors (Lipinski definition) is 14. The number of nitrogens with one attached hydrogen (secondary N) is 4. The molecule has 4 saturated heterocycles. The van der Waals surface area contributed by atoms with Crippen LogP contribution in [0.15, 0.2) is 141 Å². The van der Waals surface area contributed by atoms with Crippen molar-refractivity contribution in [1.29, 1.82) is 0 Å². The molecule has 0 saturated carbocycles. The number of ether oxygens (including phenoxy) is 1. The summed E-state index contributed by atoms with van der Waals surface area (Å²) in [6.45, 7) is 47.3. The predicted molar refractivity (Wildman–Crippen MR) is 515 cm³/mol. The third-order valence-electron chi connectivity index (χ3n) is 26.7. The Bertz CT molecular complexity index is 5900. The Morgan fingerprint density at radius 2 is 0.556 bits per heavy atom. The summed E-state index contributed by atoms with van der Waals surface area (Å²) in [4.78, 5) is 97.4. The van der Waals surface area contributed by atoms with Crippen molar-refractivity contribution < 1.29 is 56.3 Å². The van der Waals surface area contributed by atoms with Crippen LogP contribution in [-0.4, -0.2) is 65.0 Å². The van der Waals surface area contributed by atoms with E-state index >= 15 is 0 Å². The van der Waals surface area contributed by atoms with Gasteiger partial charge in [0, 0.05) is 41.5 Å². The van der Waals surface area contributed by atoms with Crippen LogP contribution in [0, 0.1) is 34.6 Å². The van der Waals surface area contributed by atoms with Crippen LogP contribution in [0.3, 0.4) is 0 Å². The number of halogens is 4. The first-order valence-corrected chi connectivity index (χ1v) is 46.4. The standard InChI is InChI=1S/C27H32N2O2S.C26H26F3NO3S.C26H29NO2S.C25H26ClNO2S/c1-16-12-20-21(27(4,5)11-10-26(20,2)3)15-18(16)19-13-17(8-9-22(19)29(6)7)14-23-24(30)28-25(31)32-23;1-14-10-18-19(25(4,5)9-8-24(18,2)3)13-16(14)17-11-15(6-7-20(17)33-26(27,28)29)12-21-22(31)30-23(32)34-21;1-15-7-8-17(13-22-23(28)27-24(29)30-22)12-18(15)19-14-21-20(11-16(19)2)25(3,4)9-10-26(21,5)6;1-14-10-18-19(25(4,5)9-8-24(18,2)3)13-16(14)17-11-15(6-7-20(17)26)12-21-22(28)27-23(29)30-21/h8-9,12-15H,10-11H2,1-7H3,(H,28,30,31);6-7,10-13H,8-9H2,1-5H3,(H,30,31,32);7-8,11-14H,9-10H2,1-6H3,(H,27,28,29);6-7,10-13H,8-9H2,1-5H3,(H,27,28,29)/b23-14-;21-12-;22-13-;21-12-. The number of imide groups is 4. The van der Waals surface area contributed by atoms with E-state index in [2.05, 4.69) is 250 Å². The zero-order valence-corrected chi connectivity index (χ0v) is 80.3. The fraction of sp³-hybridized carbons (Fsp3) is 0.385. The van der Waals surface area contributed by atoms with E-state index in [-0.39, 0.29) is 93.0 Å². The van der Waals surface area contributed by atoms with Gasteiger partial charge in [0.2, 0.25) is 0 Å². The molecule has 4 aliphatic heterocycles. The Balaban J connectivity index is 0.000000144. The SMILES string of the molecule is Cc1cc2c(cc1-c1cc(/C=C3\SC(=O)NC3=O)ccc1Cl)C(C)(C)CCC2(C)C.Cc1cc2c(cc1-c1cc(/C=C3\SC(=O)NC3=O)ccc1N(C)C)C(C)(C)CCC2(C)C.Cc1cc2c(cc1-c1cc(/C=C3\SC(=O)NC3=O)ccc1OC(F)(F)F)C(C)(C)CCC2(C)C.Cc1ccc(/C=C2\SC(=O)NC2=O)cc1-c1cc2c(cc1C)C(C)(C)CCC2(C)C. The second kappa shape index (κ2) is 34.8. The summed E-state index contributed by atoms with van der Waals surface area (Å²) in [5, 5.41) is 8.35. The van der Waals surface area contributed by atoms with Crippen molar-refractivity contribution in [3.63, 3.8) is 0 Å². The average Bonchev–Trinajstić information content (AvgIpc) is 0.958. The molecule has 4 heterocycles. The van der Waals surface area contributed by atoms with E-state index in [9.17, 15) is 51.5 Å². The lowest BCUT2D eigenvalue weighted by atomic mass is 9.62. The normalized spacial score (nSPS) is 20.6. The van der Waals surface area contributed by atoms with Gasteiger partial charge in [-0.2, -0.15) is 0 Å². The molecule has 8 aliphatic rings. The summed E-state index contributed by atoms with van der Waals surface area (Å²) in [5.41, 5.74) is 29.5. The second-order valence-corrected chi connectivity index (χ2v) is 44.6. The van der Waals surface area contributed by atoms with Gasteiger partial charge in [-0.1, -0.05) is 183 Å². The van der Waals surface area contributed by atoms with Gasteiger partial charge in [-0.25, -0.2) is 0 Å². The fourth-order valence-electron chi connectivity index (χ4n) is 18.5. The van der Waals surface area contributed by atoms with Crippen LogP contribution < -0.4 is 30.9 Å². The molecule has 8 aromatic rings. The quantitative estimate of drug-likeness (QED) is 0.0944. The van der Waals surface area contributed by atoms with Crippen LogP contribution in [0.5, 0.6) is 5.75 Å². The lowest BCUT2D eigenvalue weighted by Gasteiger charge is -2.42. The number of carbonyl (C=O) groups is 8. The number of nitrogens with zero attached hydrogens (tertiary/aromatic N) is 1. The maximum absolute atomic E-state index is 13.2. The van der Waals surface area contributed by atoms with Gasteiger partial charge in [0.05, 0.1) is 19.6 Å². The molecule has 0 radical (unpaired) electrons. The zero-order chi connectivity index (χ0) is 92.2. The number of carbonyl (C=O) groups excluding carboxylic acids is 8. The summed E-state index contributed by atoms with van der Waals surface area (Å²) in [6.07, 6.45) is 11.0. The highest BCUT2D eigenvalue weighted by molar-refractivity contribution is 8.19. The first-order valence-electron chi connectivity index (χ1n) is 42.8. The van der Waals surface area contributed by atoms with E-state index in [0.717, 1.165) is 117 Å². The van der Waals surface area contributed by atoms with E-state index < -0.39 is 17.5 Å². The van der Waals surface area contributed by atoms with Crippen LogP contribution in [0.2, 0.25) is 5.02 Å². The third-order valence-corrected chi connectivity index (χ3v) is 30.3. The molecular weight excluding hydrogens is 1680 g/mol. The van der Waals surface area contributed by atoms with E-state index in [1.54, 1.807) is 24.3 Å². The van der Waals surface area contributed by atoms with Crippen LogP contribution in [0.1, 0.15) is 257 Å². The van der Waals surface area contributed by atoms with E-state index in [4.69, 9.17) is 11.6 Å². The lowest BCUT2D eigenvalue weighted by molar-refractivity contribution is -0.274. The van der Waals surface area contributed by atoms with E-state index in [1.807, 2.05) is 43.3 Å². The van der Waals surface area contributed by atoms with Gasteiger partial charge >= 0.3 is 6.36 Å². The topological polar surface area (TPSA) is 197 Å². The van der Waals surface area contributed by atoms with Crippen molar-refractivity contribution in [3.8, 4) is 50.3 Å². The summed E-state index contributed by atoms with van der Waals surface area (Å²) < 4.78 is 44.1. The number of fused-ring (bicyclic) bond motifs is 4. The van der Waals surface area contributed by atoms with Crippen molar-refractivity contribution in [2.45, 2.75) is 246 Å². The molecule has 0 aromatic heterocycles. The molecule has 660 valence electrons. The molecule has 14 nitrogen and oxygen atoms in total. The number of alkyl halides is 3. The van der Waals surface area contributed by atoms with Gasteiger partial charge in [-0.15, -0.1) is 13.2 Å². The molecule has 4 fully saturated rings. The number of hydrogen-bond donors (Lipinski definition) is 4. The van der Waals surface area contributed by atoms with Crippen LogP contribution in [0.25, 0.3) is 68.8 Å². The Labute approximate surface area is 761 Å². The van der Waals surface area contributed by atoms with Gasteiger partial charge in [-0.3, -0.25) is 59.6 Å². The second-order valence-electron chi connectivity index (χ2n) is 40.1. The van der Waals surface area contributed by atoms with Crippen LogP contribution in [0.4, 0.5) is 38.0 Å². The summed E-state index contributed by atoms with van der Waals surface area (Å²) in [5.74, 6) is -1.84. The van der Waals surface area contributed by atoms with Gasteiger partial charge in [0.1, 0.15) is 5.75 Å². The summed E-state index contributed by atoms with van der Waals surface area (Å²) >= 11 is 10.2. The van der Waals surface area contributed by atoms with Crippen molar-refractivity contribution in [3.05, 3.63) is 241 Å². The number of thioether (sulfide) groups is 4. The maximum Gasteiger partial charge on any atom is 0.573 e. The minimum absolute atomic E-state index is 0.0364. The molecule has 126 heavy (non-hydrogen) atoms. The number of amides is 8. The van der Waals surface area contributed by atoms with Crippen molar-refractivity contribution in [2.24, 2.45) is 0 Å². The highest BCUT2D eigenvalue weighted by Crippen LogP contribution is 2.54. The number of benzene rings is 8. The Morgan fingerprint density at radius 3 is 0.849 bits per heavy atom. The zero-order valence-electron chi connectivity index (χ0n) is 76.3.